The minimum absolute atomic E-state index is 0.0819. The van der Waals surface area contributed by atoms with Crippen LogP contribution >= 0.6 is 0 Å². The molecule has 112 valence electrons. The number of rotatable bonds is 5. The lowest BCUT2D eigenvalue weighted by Gasteiger charge is -2.35. The Balaban J connectivity index is 1.85. The number of piperidine rings is 1. The summed E-state index contributed by atoms with van der Waals surface area (Å²) in [5.74, 6) is 0.791. The molecule has 3 nitrogen and oxygen atoms in total. The van der Waals surface area contributed by atoms with Crippen molar-refractivity contribution in [2.45, 2.75) is 70.4 Å². The molecular formula is C16H32N2O. The quantitative estimate of drug-likeness (QED) is 0.752. The van der Waals surface area contributed by atoms with Crippen molar-refractivity contribution < 1.29 is 5.11 Å². The first-order valence-corrected chi connectivity index (χ1v) is 8.43. The van der Waals surface area contributed by atoms with Crippen molar-refractivity contribution in [1.82, 2.24) is 10.2 Å². The van der Waals surface area contributed by atoms with Crippen LogP contribution in [0.4, 0.5) is 0 Å². The van der Waals surface area contributed by atoms with Crippen LogP contribution in [-0.2, 0) is 0 Å². The van der Waals surface area contributed by atoms with Crippen LogP contribution in [0.5, 0.6) is 0 Å². The normalized spacial score (nSPS) is 34.1. The molecule has 2 aliphatic rings. The van der Waals surface area contributed by atoms with Crippen LogP contribution < -0.4 is 5.32 Å². The molecule has 2 rings (SSSR count). The minimum atomic E-state index is -0.0819. The highest BCUT2D eigenvalue weighted by Crippen LogP contribution is 2.25. The lowest BCUT2D eigenvalue weighted by atomic mass is 9.93. The molecule has 1 saturated carbocycles. The molecule has 1 heterocycles. The van der Waals surface area contributed by atoms with Crippen molar-refractivity contribution in [2.24, 2.45) is 5.92 Å². The molecule has 19 heavy (non-hydrogen) atoms. The predicted octanol–water partition coefficient (Wildman–Crippen LogP) is 2.39. The van der Waals surface area contributed by atoms with Gasteiger partial charge in [-0.1, -0.05) is 26.2 Å². The zero-order valence-electron chi connectivity index (χ0n) is 12.6. The molecule has 1 saturated heterocycles. The molecule has 2 fully saturated rings. The van der Waals surface area contributed by atoms with Crippen LogP contribution in [0.25, 0.3) is 0 Å². The third-order valence-electron chi connectivity index (χ3n) is 4.79. The SMILES string of the molecule is CCCNC1CCCCCC1CN1CCCC(O)C1. The molecule has 0 aromatic carbocycles. The van der Waals surface area contributed by atoms with E-state index in [1.165, 1.54) is 58.0 Å². The van der Waals surface area contributed by atoms with E-state index < -0.39 is 0 Å². The van der Waals surface area contributed by atoms with E-state index in [4.69, 9.17) is 0 Å². The molecule has 1 aliphatic carbocycles. The van der Waals surface area contributed by atoms with E-state index in [1.807, 2.05) is 0 Å². The van der Waals surface area contributed by atoms with E-state index in [9.17, 15) is 5.11 Å². The third-order valence-corrected chi connectivity index (χ3v) is 4.79. The number of hydrogen-bond acceptors (Lipinski definition) is 3. The Labute approximate surface area is 118 Å². The van der Waals surface area contributed by atoms with E-state index in [1.54, 1.807) is 0 Å². The number of likely N-dealkylation sites (tertiary alicyclic amines) is 1. The Morgan fingerprint density at radius 3 is 2.74 bits per heavy atom. The van der Waals surface area contributed by atoms with Crippen LogP contribution in [0, 0.1) is 5.92 Å². The standard InChI is InChI=1S/C16H32N2O/c1-2-10-17-16-9-5-3-4-7-14(16)12-18-11-6-8-15(19)13-18/h14-17,19H,2-13H2,1H3. The lowest BCUT2D eigenvalue weighted by Crippen LogP contribution is -2.46. The lowest BCUT2D eigenvalue weighted by molar-refractivity contribution is 0.0571. The Morgan fingerprint density at radius 2 is 1.95 bits per heavy atom. The van der Waals surface area contributed by atoms with Crippen LogP contribution in [0.2, 0.25) is 0 Å². The van der Waals surface area contributed by atoms with Crippen LogP contribution in [0.1, 0.15) is 58.3 Å². The van der Waals surface area contributed by atoms with Crippen molar-refractivity contribution in [3.8, 4) is 0 Å². The maximum absolute atomic E-state index is 9.81. The van der Waals surface area contributed by atoms with Gasteiger partial charge in [0, 0.05) is 19.1 Å². The average molecular weight is 268 g/mol. The molecule has 0 spiro atoms. The van der Waals surface area contributed by atoms with Gasteiger partial charge < -0.3 is 15.3 Å². The predicted molar refractivity (Wildman–Crippen MR) is 80.3 cm³/mol. The molecular weight excluding hydrogens is 236 g/mol. The van der Waals surface area contributed by atoms with Gasteiger partial charge in [0.25, 0.3) is 0 Å². The van der Waals surface area contributed by atoms with Gasteiger partial charge in [-0.05, 0) is 51.1 Å². The fourth-order valence-electron chi connectivity index (χ4n) is 3.73. The van der Waals surface area contributed by atoms with E-state index >= 15 is 0 Å². The van der Waals surface area contributed by atoms with Crippen molar-refractivity contribution in [3.05, 3.63) is 0 Å². The minimum Gasteiger partial charge on any atom is -0.392 e. The van der Waals surface area contributed by atoms with Crippen LogP contribution in [0.3, 0.4) is 0 Å². The highest BCUT2D eigenvalue weighted by molar-refractivity contribution is 4.83. The van der Waals surface area contributed by atoms with Gasteiger partial charge >= 0.3 is 0 Å². The summed E-state index contributed by atoms with van der Waals surface area (Å²) in [6, 6.07) is 0.710. The summed E-state index contributed by atoms with van der Waals surface area (Å²) in [5, 5.41) is 13.6. The van der Waals surface area contributed by atoms with Gasteiger partial charge in [0.1, 0.15) is 0 Å². The number of hydrogen-bond donors (Lipinski definition) is 2. The molecule has 0 aromatic heterocycles. The van der Waals surface area contributed by atoms with Crippen molar-refractivity contribution >= 4 is 0 Å². The largest absolute Gasteiger partial charge is 0.392 e. The molecule has 0 amide bonds. The van der Waals surface area contributed by atoms with E-state index in [-0.39, 0.29) is 6.10 Å². The van der Waals surface area contributed by atoms with E-state index in [2.05, 4.69) is 17.1 Å². The third kappa shape index (κ3) is 5.05. The summed E-state index contributed by atoms with van der Waals surface area (Å²) >= 11 is 0. The van der Waals surface area contributed by atoms with E-state index in [0.29, 0.717) is 6.04 Å². The Bertz CT molecular complexity index is 247. The molecule has 0 radical (unpaired) electrons. The first-order valence-electron chi connectivity index (χ1n) is 8.43. The number of nitrogens with one attached hydrogen (secondary N) is 1. The Morgan fingerprint density at radius 1 is 1.11 bits per heavy atom. The Hall–Kier alpha value is -0.120. The smallest absolute Gasteiger partial charge is 0.0667 e. The second-order valence-electron chi connectivity index (χ2n) is 6.51. The number of nitrogens with zero attached hydrogens (tertiary/aromatic N) is 1. The summed E-state index contributed by atoms with van der Waals surface area (Å²) in [7, 11) is 0. The molecule has 3 heteroatoms. The van der Waals surface area contributed by atoms with Crippen molar-refractivity contribution in [3.63, 3.8) is 0 Å². The summed E-state index contributed by atoms with van der Waals surface area (Å²) in [6.07, 6.45) is 10.2. The topological polar surface area (TPSA) is 35.5 Å². The monoisotopic (exact) mass is 268 g/mol. The number of aliphatic hydroxyl groups is 1. The highest BCUT2D eigenvalue weighted by Gasteiger charge is 2.27. The fourth-order valence-corrected chi connectivity index (χ4v) is 3.73. The molecule has 3 unspecified atom stereocenters. The summed E-state index contributed by atoms with van der Waals surface area (Å²) in [5.41, 5.74) is 0. The fraction of sp³-hybridized carbons (Fsp3) is 1.00. The second-order valence-corrected chi connectivity index (χ2v) is 6.51. The summed E-state index contributed by atoms with van der Waals surface area (Å²) < 4.78 is 0. The Kier molecular flexibility index (Phi) is 6.62. The zero-order chi connectivity index (χ0) is 13.5. The average Bonchev–Trinajstić information content (AvgIpc) is 2.62. The van der Waals surface area contributed by atoms with Crippen molar-refractivity contribution in [1.29, 1.82) is 0 Å². The van der Waals surface area contributed by atoms with Gasteiger partial charge in [-0.3, -0.25) is 0 Å². The second kappa shape index (κ2) is 8.23. The maximum atomic E-state index is 9.81. The number of β-amino-alcohol motifs (C(OH)–C–C–N with tert-alkyl or cyclic N) is 1. The highest BCUT2D eigenvalue weighted by atomic mass is 16.3. The van der Waals surface area contributed by atoms with Gasteiger partial charge in [0.05, 0.1) is 6.10 Å². The van der Waals surface area contributed by atoms with Gasteiger partial charge in [0.2, 0.25) is 0 Å². The van der Waals surface area contributed by atoms with Crippen LogP contribution in [0.15, 0.2) is 0 Å². The van der Waals surface area contributed by atoms with Gasteiger partial charge in [-0.2, -0.15) is 0 Å². The van der Waals surface area contributed by atoms with Crippen LogP contribution in [-0.4, -0.2) is 48.3 Å². The molecule has 1 aliphatic heterocycles. The first-order chi connectivity index (χ1) is 9.29. The molecule has 0 aromatic rings. The van der Waals surface area contributed by atoms with Gasteiger partial charge in [-0.25, -0.2) is 0 Å². The van der Waals surface area contributed by atoms with Crippen molar-refractivity contribution in [2.75, 3.05) is 26.2 Å². The van der Waals surface area contributed by atoms with Gasteiger partial charge in [0.15, 0.2) is 0 Å². The van der Waals surface area contributed by atoms with E-state index in [0.717, 1.165) is 25.4 Å². The number of aliphatic hydroxyl groups excluding tert-OH is 1. The summed E-state index contributed by atoms with van der Waals surface area (Å²) in [4.78, 5) is 2.50. The maximum Gasteiger partial charge on any atom is 0.0667 e. The molecule has 0 bridgehead atoms. The first kappa shape index (κ1) is 15.3. The summed E-state index contributed by atoms with van der Waals surface area (Å²) in [6.45, 7) is 6.69. The zero-order valence-corrected chi connectivity index (χ0v) is 12.6. The van der Waals surface area contributed by atoms with Gasteiger partial charge in [-0.15, -0.1) is 0 Å². The molecule has 2 N–H and O–H groups in total. The molecule has 3 atom stereocenters.